The van der Waals surface area contributed by atoms with E-state index in [0.717, 1.165) is 24.2 Å². The Kier molecular flexibility index (Phi) is 7.75. The summed E-state index contributed by atoms with van der Waals surface area (Å²) in [5.41, 5.74) is 1.39. The van der Waals surface area contributed by atoms with Gasteiger partial charge in [0.25, 0.3) is 6.47 Å². The Hall–Kier alpha value is -3.34. The van der Waals surface area contributed by atoms with Crippen molar-refractivity contribution >= 4 is 18.3 Å². The molecule has 11 nitrogen and oxygen atoms in total. The van der Waals surface area contributed by atoms with Crippen LogP contribution < -0.4 is 0 Å². The van der Waals surface area contributed by atoms with Crippen LogP contribution in [0.3, 0.4) is 0 Å². The summed E-state index contributed by atoms with van der Waals surface area (Å²) in [7, 11) is 3.97. The van der Waals surface area contributed by atoms with Crippen LogP contribution in [0.2, 0.25) is 0 Å². The second-order valence-electron chi connectivity index (χ2n) is 8.74. The Morgan fingerprint density at radius 3 is 2.45 bits per heavy atom. The number of amides is 1. The van der Waals surface area contributed by atoms with E-state index in [1.807, 2.05) is 55.1 Å². The van der Waals surface area contributed by atoms with Crippen LogP contribution in [-0.2, 0) is 25.5 Å². The topological polar surface area (TPSA) is 131 Å². The van der Waals surface area contributed by atoms with E-state index in [1.165, 1.54) is 0 Å². The highest BCUT2D eigenvalue weighted by molar-refractivity contribution is 5.81. The number of ether oxygens (including phenoxy) is 1. The summed E-state index contributed by atoms with van der Waals surface area (Å²) < 4.78 is 7.26. The predicted molar refractivity (Wildman–Crippen MR) is 118 cm³/mol. The number of hydrogen-bond donors (Lipinski definition) is 1. The number of esters is 1. The van der Waals surface area contributed by atoms with Crippen molar-refractivity contribution < 1.29 is 24.2 Å². The number of nitrogens with zero attached hydrogens (tertiary/aromatic N) is 6. The molecule has 0 bridgehead atoms. The van der Waals surface area contributed by atoms with Gasteiger partial charge in [0, 0.05) is 26.1 Å². The molecule has 4 rings (SSSR count). The summed E-state index contributed by atoms with van der Waals surface area (Å²) in [5, 5.41) is 18.4. The number of piperidine rings is 1. The number of carbonyl (C=O) groups is 3. The van der Waals surface area contributed by atoms with Crippen molar-refractivity contribution in [2.24, 2.45) is 5.41 Å². The molecule has 2 fully saturated rings. The van der Waals surface area contributed by atoms with Gasteiger partial charge >= 0.3 is 5.97 Å². The first-order chi connectivity index (χ1) is 15.8. The number of aromatic nitrogens is 4. The second kappa shape index (κ2) is 10.5. The number of tetrazole rings is 1. The van der Waals surface area contributed by atoms with Crippen molar-refractivity contribution in [3.8, 4) is 5.69 Å². The number of aryl methyl sites for hydroxylation is 1. The standard InChI is InChI=1S/C21H28N6O3.CH2O2/c1-15-22-23-24-27(15)17-6-4-16(5-7-17)12-19(28)26-10-8-21(9-11-26)13-18(14-25(2)3)30-20(21)29;2-1-3/h4-7,18H,8-14H2,1-3H3;1H,(H,2,3). The zero-order valence-corrected chi connectivity index (χ0v) is 19.2. The summed E-state index contributed by atoms with van der Waals surface area (Å²) in [6.07, 6.45) is 2.41. The zero-order chi connectivity index (χ0) is 24.0. The highest BCUT2D eigenvalue weighted by Gasteiger charge is 2.50. The molecule has 2 aliphatic heterocycles. The minimum atomic E-state index is -0.414. The van der Waals surface area contributed by atoms with E-state index in [-0.39, 0.29) is 24.5 Å². The largest absolute Gasteiger partial charge is 0.483 e. The van der Waals surface area contributed by atoms with Crippen molar-refractivity contribution in [2.75, 3.05) is 33.7 Å². The van der Waals surface area contributed by atoms with Crippen molar-refractivity contribution in [2.45, 2.75) is 38.7 Å². The normalized spacial score (nSPS) is 19.2. The van der Waals surface area contributed by atoms with E-state index in [1.54, 1.807) is 4.68 Å². The van der Waals surface area contributed by atoms with Crippen LogP contribution in [0, 0.1) is 12.3 Å². The number of carbonyl (C=O) groups excluding carboxylic acids is 2. The van der Waals surface area contributed by atoms with Crippen LogP contribution in [0.4, 0.5) is 0 Å². The van der Waals surface area contributed by atoms with E-state index < -0.39 is 5.41 Å². The van der Waals surface area contributed by atoms with E-state index in [9.17, 15) is 9.59 Å². The smallest absolute Gasteiger partial charge is 0.312 e. The molecule has 0 radical (unpaired) electrons. The number of carboxylic acid groups (broad SMARTS) is 1. The molecule has 1 unspecified atom stereocenters. The van der Waals surface area contributed by atoms with E-state index in [2.05, 4.69) is 15.5 Å². The van der Waals surface area contributed by atoms with Gasteiger partial charge in [-0.15, -0.1) is 5.10 Å². The second-order valence-corrected chi connectivity index (χ2v) is 8.74. The fraction of sp³-hybridized carbons (Fsp3) is 0.545. The third-order valence-corrected chi connectivity index (χ3v) is 6.13. The number of rotatable bonds is 5. The Labute approximate surface area is 192 Å². The lowest BCUT2D eigenvalue weighted by Gasteiger charge is -2.36. The lowest BCUT2D eigenvalue weighted by Crippen LogP contribution is -2.45. The SMILES string of the molecule is Cc1nnnn1-c1ccc(CC(=O)N2CCC3(CC2)CC(CN(C)C)OC3=O)cc1.O=CO. The highest BCUT2D eigenvalue weighted by atomic mass is 16.6. The summed E-state index contributed by atoms with van der Waals surface area (Å²) in [5.74, 6) is 0.710. The maximum atomic E-state index is 12.8. The Bertz CT molecular complexity index is 966. The van der Waals surface area contributed by atoms with Crippen molar-refractivity contribution in [1.29, 1.82) is 0 Å². The summed E-state index contributed by atoms with van der Waals surface area (Å²) in [4.78, 5) is 37.6. The minimum absolute atomic E-state index is 0.0444. The van der Waals surface area contributed by atoms with Gasteiger partial charge in [0.2, 0.25) is 5.91 Å². The molecule has 1 amide bonds. The fourth-order valence-corrected chi connectivity index (χ4v) is 4.45. The summed E-state index contributed by atoms with van der Waals surface area (Å²) in [6.45, 7) is 3.54. The molecule has 2 aliphatic rings. The van der Waals surface area contributed by atoms with Gasteiger partial charge in [-0.3, -0.25) is 14.4 Å². The van der Waals surface area contributed by atoms with Crippen molar-refractivity contribution in [3.05, 3.63) is 35.7 Å². The first kappa shape index (κ1) is 24.3. The number of benzene rings is 1. The molecule has 1 N–H and O–H groups in total. The van der Waals surface area contributed by atoms with Gasteiger partial charge in [-0.25, -0.2) is 0 Å². The molecule has 1 aromatic heterocycles. The van der Waals surface area contributed by atoms with Crippen LogP contribution in [0.1, 0.15) is 30.7 Å². The number of hydrogen-bond acceptors (Lipinski definition) is 8. The lowest BCUT2D eigenvalue weighted by molar-refractivity contribution is -0.152. The number of likely N-dealkylation sites (tertiary alicyclic amines) is 1. The average Bonchev–Trinajstić information content (AvgIpc) is 3.32. The van der Waals surface area contributed by atoms with Crippen molar-refractivity contribution in [1.82, 2.24) is 30.0 Å². The quantitative estimate of drug-likeness (QED) is 0.508. The van der Waals surface area contributed by atoms with Crippen LogP contribution in [0.15, 0.2) is 24.3 Å². The molecular formula is C22H30N6O5. The van der Waals surface area contributed by atoms with Crippen LogP contribution in [-0.4, -0.2) is 93.3 Å². The number of likely N-dealkylation sites (N-methyl/N-ethyl adjacent to an activating group) is 1. The first-order valence-corrected chi connectivity index (χ1v) is 10.8. The average molecular weight is 459 g/mol. The Balaban J connectivity index is 0.000000968. The zero-order valence-electron chi connectivity index (χ0n) is 19.2. The van der Waals surface area contributed by atoms with Gasteiger partial charge in [0.05, 0.1) is 17.5 Å². The van der Waals surface area contributed by atoms with Gasteiger partial charge in [-0.2, -0.15) is 4.68 Å². The molecule has 33 heavy (non-hydrogen) atoms. The van der Waals surface area contributed by atoms with Gasteiger partial charge in [0.15, 0.2) is 5.82 Å². The van der Waals surface area contributed by atoms with Gasteiger partial charge in [0.1, 0.15) is 6.10 Å². The fourth-order valence-electron chi connectivity index (χ4n) is 4.45. The molecule has 2 aromatic rings. The molecule has 0 aliphatic carbocycles. The Morgan fingerprint density at radius 1 is 1.27 bits per heavy atom. The number of cyclic esters (lactones) is 1. The monoisotopic (exact) mass is 458 g/mol. The van der Waals surface area contributed by atoms with Gasteiger partial charge < -0.3 is 19.6 Å². The molecule has 178 valence electrons. The molecule has 1 aromatic carbocycles. The molecule has 3 heterocycles. The molecule has 0 saturated carbocycles. The maximum Gasteiger partial charge on any atom is 0.312 e. The molecule has 2 saturated heterocycles. The lowest BCUT2D eigenvalue weighted by atomic mass is 9.76. The Morgan fingerprint density at radius 2 is 1.91 bits per heavy atom. The highest BCUT2D eigenvalue weighted by Crippen LogP contribution is 2.43. The molecule has 1 spiro atoms. The first-order valence-electron chi connectivity index (χ1n) is 10.8. The van der Waals surface area contributed by atoms with Crippen LogP contribution in [0.25, 0.3) is 5.69 Å². The molecular weight excluding hydrogens is 428 g/mol. The predicted octanol–water partition coefficient (Wildman–Crippen LogP) is 0.700. The maximum absolute atomic E-state index is 12.8. The van der Waals surface area contributed by atoms with Crippen LogP contribution >= 0.6 is 0 Å². The van der Waals surface area contributed by atoms with Crippen LogP contribution in [0.5, 0.6) is 0 Å². The van der Waals surface area contributed by atoms with Gasteiger partial charge in [-0.05, 0) is 62.0 Å². The summed E-state index contributed by atoms with van der Waals surface area (Å²) >= 11 is 0. The van der Waals surface area contributed by atoms with Gasteiger partial charge in [-0.1, -0.05) is 12.1 Å². The van der Waals surface area contributed by atoms with E-state index in [0.29, 0.717) is 38.2 Å². The molecule has 11 heteroatoms. The minimum Gasteiger partial charge on any atom is -0.483 e. The molecule has 1 atom stereocenters. The van der Waals surface area contributed by atoms with Crippen molar-refractivity contribution in [3.63, 3.8) is 0 Å². The summed E-state index contributed by atoms with van der Waals surface area (Å²) in [6, 6.07) is 7.69. The third kappa shape index (κ3) is 5.72. The van der Waals surface area contributed by atoms with E-state index >= 15 is 0 Å². The third-order valence-electron chi connectivity index (χ3n) is 6.13. The van der Waals surface area contributed by atoms with E-state index in [4.69, 9.17) is 14.6 Å².